The van der Waals surface area contributed by atoms with E-state index in [1.807, 2.05) is 7.05 Å². The van der Waals surface area contributed by atoms with Gasteiger partial charge in [0.05, 0.1) is 18.9 Å². The van der Waals surface area contributed by atoms with Crippen molar-refractivity contribution in [1.82, 2.24) is 9.97 Å². The van der Waals surface area contributed by atoms with E-state index in [1.165, 1.54) is 18.5 Å². The number of hydrogen-bond acceptors (Lipinski definition) is 4. The van der Waals surface area contributed by atoms with E-state index in [1.54, 1.807) is 0 Å². The van der Waals surface area contributed by atoms with Crippen molar-refractivity contribution in [3.8, 4) is 0 Å². The van der Waals surface area contributed by atoms with E-state index in [9.17, 15) is 0 Å². The molecule has 4 heteroatoms. The van der Waals surface area contributed by atoms with E-state index < -0.39 is 0 Å². The van der Waals surface area contributed by atoms with Crippen LogP contribution in [0.3, 0.4) is 0 Å². The second-order valence-electron chi connectivity index (χ2n) is 4.18. The molecular weight excluding hydrogens is 190 g/mol. The fraction of sp³-hybridized carbons (Fsp3) is 0.636. The van der Waals surface area contributed by atoms with Gasteiger partial charge in [0.15, 0.2) is 0 Å². The lowest BCUT2D eigenvalue weighted by molar-refractivity contribution is 0.109. The number of nitrogens with one attached hydrogen (secondary N) is 1. The Hall–Kier alpha value is -1.16. The van der Waals surface area contributed by atoms with Crippen molar-refractivity contribution < 1.29 is 4.74 Å². The van der Waals surface area contributed by atoms with Gasteiger partial charge in [-0.2, -0.15) is 0 Å². The minimum Gasteiger partial charge on any atom is -0.376 e. The van der Waals surface area contributed by atoms with Gasteiger partial charge in [-0.3, -0.25) is 0 Å². The minimum absolute atomic E-state index is 0.616. The number of aromatic nitrogens is 2. The Morgan fingerprint density at radius 1 is 1.33 bits per heavy atom. The van der Waals surface area contributed by atoms with Crippen LogP contribution in [0.2, 0.25) is 0 Å². The third-order valence-electron chi connectivity index (χ3n) is 3.02. The quantitative estimate of drug-likeness (QED) is 0.794. The van der Waals surface area contributed by atoms with Crippen LogP contribution in [0.5, 0.6) is 0 Å². The maximum absolute atomic E-state index is 5.43. The van der Waals surface area contributed by atoms with E-state index in [4.69, 9.17) is 4.74 Å². The lowest BCUT2D eigenvalue weighted by Crippen LogP contribution is -2.16. The van der Waals surface area contributed by atoms with E-state index in [0.717, 1.165) is 30.2 Å². The summed E-state index contributed by atoms with van der Waals surface area (Å²) in [6.07, 6.45) is 3.42. The van der Waals surface area contributed by atoms with Crippen LogP contribution in [0.4, 0.5) is 5.82 Å². The average molecular weight is 205 g/mol. The zero-order chi connectivity index (χ0) is 10.3. The molecule has 0 amide bonds. The first-order valence-corrected chi connectivity index (χ1v) is 5.53. The zero-order valence-corrected chi connectivity index (χ0v) is 8.92. The molecule has 0 saturated heterocycles. The van der Waals surface area contributed by atoms with Gasteiger partial charge in [0.1, 0.15) is 11.6 Å². The van der Waals surface area contributed by atoms with Gasteiger partial charge in [0, 0.05) is 24.9 Å². The molecular formula is C11H15N3O. The molecule has 80 valence electrons. The smallest absolute Gasteiger partial charge is 0.135 e. The molecule has 1 aromatic rings. The van der Waals surface area contributed by atoms with Crippen LogP contribution >= 0.6 is 0 Å². The third-order valence-corrected chi connectivity index (χ3v) is 3.02. The largest absolute Gasteiger partial charge is 0.376 e. The Kier molecular flexibility index (Phi) is 2.09. The van der Waals surface area contributed by atoms with E-state index in [0.29, 0.717) is 12.5 Å². The highest BCUT2D eigenvalue weighted by Gasteiger charge is 2.29. The van der Waals surface area contributed by atoms with Gasteiger partial charge in [-0.1, -0.05) is 0 Å². The Balaban J connectivity index is 2.06. The number of ether oxygens (including phenoxy) is 1. The monoisotopic (exact) mass is 205 g/mol. The van der Waals surface area contributed by atoms with Gasteiger partial charge in [-0.05, 0) is 12.8 Å². The molecule has 0 spiro atoms. The number of anilines is 1. The minimum atomic E-state index is 0.616. The van der Waals surface area contributed by atoms with Crippen molar-refractivity contribution in [2.75, 3.05) is 19.0 Å². The molecule has 2 heterocycles. The number of hydrogen-bond donors (Lipinski definition) is 1. The Morgan fingerprint density at radius 3 is 2.93 bits per heavy atom. The molecule has 0 bridgehead atoms. The molecule has 1 aliphatic carbocycles. The molecule has 15 heavy (non-hydrogen) atoms. The van der Waals surface area contributed by atoms with Crippen molar-refractivity contribution in [2.45, 2.75) is 31.8 Å². The summed E-state index contributed by atoms with van der Waals surface area (Å²) >= 11 is 0. The molecule has 0 aromatic carbocycles. The molecule has 3 rings (SSSR count). The molecule has 1 fully saturated rings. The summed E-state index contributed by atoms with van der Waals surface area (Å²) in [5.41, 5.74) is 2.33. The fourth-order valence-electron chi connectivity index (χ4n) is 1.98. The summed E-state index contributed by atoms with van der Waals surface area (Å²) in [6.45, 7) is 1.44. The highest BCUT2D eigenvalue weighted by molar-refractivity contribution is 5.47. The maximum Gasteiger partial charge on any atom is 0.135 e. The number of fused-ring (bicyclic) bond motifs is 1. The lowest BCUT2D eigenvalue weighted by Gasteiger charge is -2.19. The molecule has 1 N–H and O–H groups in total. The first kappa shape index (κ1) is 9.09. The molecule has 1 saturated carbocycles. The van der Waals surface area contributed by atoms with Gasteiger partial charge in [-0.25, -0.2) is 9.97 Å². The van der Waals surface area contributed by atoms with Crippen molar-refractivity contribution in [1.29, 1.82) is 0 Å². The Bertz CT molecular complexity index is 370. The normalized spacial score (nSPS) is 19.8. The summed E-state index contributed by atoms with van der Waals surface area (Å²) in [5.74, 6) is 2.60. The molecule has 0 radical (unpaired) electrons. The Labute approximate surface area is 89.1 Å². The van der Waals surface area contributed by atoms with E-state index in [-0.39, 0.29) is 0 Å². The lowest BCUT2D eigenvalue weighted by atomic mass is 10.1. The topological polar surface area (TPSA) is 47.0 Å². The van der Waals surface area contributed by atoms with Crippen molar-refractivity contribution in [3.05, 3.63) is 17.1 Å². The molecule has 1 aromatic heterocycles. The van der Waals surface area contributed by atoms with Crippen LogP contribution in [-0.2, 0) is 17.8 Å². The van der Waals surface area contributed by atoms with Crippen LogP contribution in [-0.4, -0.2) is 23.6 Å². The van der Waals surface area contributed by atoms with Crippen LogP contribution in [0.15, 0.2) is 0 Å². The number of nitrogens with zero attached hydrogens (tertiary/aromatic N) is 2. The molecule has 1 aliphatic heterocycles. The molecule has 0 atom stereocenters. The van der Waals surface area contributed by atoms with Crippen LogP contribution in [0, 0.1) is 0 Å². The van der Waals surface area contributed by atoms with E-state index >= 15 is 0 Å². The van der Waals surface area contributed by atoms with Crippen LogP contribution in [0.25, 0.3) is 0 Å². The maximum atomic E-state index is 5.43. The summed E-state index contributed by atoms with van der Waals surface area (Å²) < 4.78 is 5.43. The fourth-order valence-corrected chi connectivity index (χ4v) is 1.98. The summed E-state index contributed by atoms with van der Waals surface area (Å²) in [5, 5.41) is 3.15. The molecule has 2 aliphatic rings. The van der Waals surface area contributed by atoms with Crippen LogP contribution < -0.4 is 5.32 Å². The van der Waals surface area contributed by atoms with E-state index in [2.05, 4.69) is 15.3 Å². The van der Waals surface area contributed by atoms with Gasteiger partial charge in [-0.15, -0.1) is 0 Å². The number of rotatable bonds is 2. The standard InChI is InChI=1S/C11H15N3O/c1-12-11-8-6-15-5-4-9(8)13-10(14-11)7-2-3-7/h7H,2-6H2,1H3,(H,12,13,14). The van der Waals surface area contributed by atoms with Gasteiger partial charge in [0.25, 0.3) is 0 Å². The second kappa shape index (κ2) is 3.45. The van der Waals surface area contributed by atoms with Crippen LogP contribution in [0.1, 0.15) is 35.8 Å². The Morgan fingerprint density at radius 2 is 2.20 bits per heavy atom. The first-order valence-electron chi connectivity index (χ1n) is 5.53. The SMILES string of the molecule is CNc1nc(C2CC2)nc2c1COCC2. The summed E-state index contributed by atoms with van der Waals surface area (Å²) in [4.78, 5) is 9.22. The second-order valence-corrected chi connectivity index (χ2v) is 4.18. The van der Waals surface area contributed by atoms with Crippen molar-refractivity contribution >= 4 is 5.82 Å². The zero-order valence-electron chi connectivity index (χ0n) is 8.92. The average Bonchev–Trinajstić information content (AvgIpc) is 3.11. The van der Waals surface area contributed by atoms with Gasteiger partial charge >= 0.3 is 0 Å². The summed E-state index contributed by atoms with van der Waals surface area (Å²) in [7, 11) is 1.91. The predicted molar refractivity (Wildman–Crippen MR) is 56.9 cm³/mol. The van der Waals surface area contributed by atoms with Gasteiger partial charge in [0.2, 0.25) is 0 Å². The summed E-state index contributed by atoms with van der Waals surface area (Å²) in [6, 6.07) is 0. The first-order chi connectivity index (χ1) is 7.38. The molecule has 4 nitrogen and oxygen atoms in total. The van der Waals surface area contributed by atoms with Gasteiger partial charge < -0.3 is 10.1 Å². The van der Waals surface area contributed by atoms with Crippen molar-refractivity contribution in [2.24, 2.45) is 0 Å². The van der Waals surface area contributed by atoms with Crippen molar-refractivity contribution in [3.63, 3.8) is 0 Å². The highest BCUT2D eigenvalue weighted by Crippen LogP contribution is 2.39. The molecule has 0 unspecified atom stereocenters. The highest BCUT2D eigenvalue weighted by atomic mass is 16.5. The third kappa shape index (κ3) is 1.59. The predicted octanol–water partition coefficient (Wildman–Crippen LogP) is 1.47.